The molecular formula is C21H19N3O4. The molecule has 0 N–H and O–H groups in total. The van der Waals surface area contributed by atoms with Gasteiger partial charge in [-0.05, 0) is 22.1 Å². The summed E-state index contributed by atoms with van der Waals surface area (Å²) in [5.74, 6) is -0.127. The maximum Gasteiger partial charge on any atom is 0.342 e. The van der Waals surface area contributed by atoms with Crippen molar-refractivity contribution in [2.24, 2.45) is 0 Å². The molecule has 7 nitrogen and oxygen atoms in total. The van der Waals surface area contributed by atoms with E-state index >= 15 is 0 Å². The normalized spacial score (nSPS) is 11.2. The molecule has 0 aliphatic heterocycles. The smallest absolute Gasteiger partial charge is 0.342 e. The van der Waals surface area contributed by atoms with Gasteiger partial charge in [0.15, 0.2) is 5.82 Å². The Morgan fingerprint density at radius 2 is 1.79 bits per heavy atom. The van der Waals surface area contributed by atoms with Crippen molar-refractivity contribution in [2.75, 3.05) is 6.61 Å². The molecule has 3 aromatic rings. The summed E-state index contributed by atoms with van der Waals surface area (Å²) in [4.78, 5) is 27.2. The first-order valence-electron chi connectivity index (χ1n) is 8.72. The Morgan fingerprint density at radius 3 is 2.43 bits per heavy atom. The Labute approximate surface area is 162 Å². The van der Waals surface area contributed by atoms with Crippen LogP contribution in [0, 0.1) is 17.0 Å². The summed E-state index contributed by atoms with van der Waals surface area (Å²) in [6.45, 7) is 1.82. The van der Waals surface area contributed by atoms with E-state index in [2.05, 4.69) is 4.98 Å². The zero-order valence-electron chi connectivity index (χ0n) is 15.3. The van der Waals surface area contributed by atoms with E-state index in [0.717, 1.165) is 11.1 Å². The van der Waals surface area contributed by atoms with Crippen LogP contribution in [0.2, 0.25) is 0 Å². The van der Waals surface area contributed by atoms with Crippen LogP contribution in [0.3, 0.4) is 0 Å². The third-order valence-corrected chi connectivity index (χ3v) is 4.18. The molecule has 0 radical (unpaired) electrons. The van der Waals surface area contributed by atoms with Gasteiger partial charge >= 0.3 is 11.8 Å². The SMILES string of the molecule is Cc1ncc([N+](=O)[O-])n1CCOC(=O)/C(=C/c1ccccc1)c1ccccc1. The number of hydrogen-bond acceptors (Lipinski definition) is 5. The Balaban J connectivity index is 1.77. The first-order valence-corrected chi connectivity index (χ1v) is 8.72. The Kier molecular flexibility index (Phi) is 5.96. The van der Waals surface area contributed by atoms with Crippen LogP contribution in [-0.4, -0.2) is 27.1 Å². The topological polar surface area (TPSA) is 87.3 Å². The standard InChI is InChI=1S/C21H19N3O4/c1-16-22-15-20(24(26)27)23(16)12-13-28-21(25)19(18-10-6-3-7-11-18)14-17-8-4-2-5-9-17/h2-11,14-15H,12-13H2,1H3/b19-14+. The van der Waals surface area contributed by atoms with Crippen LogP contribution < -0.4 is 0 Å². The predicted octanol–water partition coefficient (Wildman–Crippen LogP) is 3.88. The summed E-state index contributed by atoms with van der Waals surface area (Å²) in [7, 11) is 0. The lowest BCUT2D eigenvalue weighted by molar-refractivity contribution is -0.392. The molecular weight excluding hydrogens is 358 g/mol. The Hall–Kier alpha value is -3.74. The van der Waals surface area contributed by atoms with Gasteiger partial charge in [-0.1, -0.05) is 60.7 Å². The third-order valence-electron chi connectivity index (χ3n) is 4.18. The van der Waals surface area contributed by atoms with E-state index in [0.29, 0.717) is 11.4 Å². The van der Waals surface area contributed by atoms with E-state index in [1.165, 1.54) is 10.8 Å². The number of ether oxygens (including phenoxy) is 1. The van der Waals surface area contributed by atoms with E-state index < -0.39 is 10.9 Å². The highest BCUT2D eigenvalue weighted by Gasteiger charge is 2.19. The lowest BCUT2D eigenvalue weighted by atomic mass is 10.0. The van der Waals surface area contributed by atoms with Gasteiger partial charge in [-0.25, -0.2) is 14.3 Å². The average Bonchev–Trinajstić information content (AvgIpc) is 3.08. The van der Waals surface area contributed by atoms with E-state index in [9.17, 15) is 14.9 Å². The van der Waals surface area contributed by atoms with Crippen LogP contribution in [0.25, 0.3) is 11.6 Å². The van der Waals surface area contributed by atoms with Crippen LogP contribution in [0.5, 0.6) is 0 Å². The zero-order chi connectivity index (χ0) is 19.9. The fourth-order valence-corrected chi connectivity index (χ4v) is 2.78. The molecule has 7 heteroatoms. The van der Waals surface area contributed by atoms with E-state index in [1.54, 1.807) is 13.0 Å². The summed E-state index contributed by atoms with van der Waals surface area (Å²) >= 11 is 0. The zero-order valence-corrected chi connectivity index (χ0v) is 15.3. The molecule has 0 atom stereocenters. The van der Waals surface area contributed by atoms with Crippen molar-refractivity contribution in [3.63, 3.8) is 0 Å². The largest absolute Gasteiger partial charge is 0.458 e. The maximum absolute atomic E-state index is 12.7. The number of carbonyl (C=O) groups excluding carboxylic acids is 1. The van der Waals surface area contributed by atoms with E-state index in [1.807, 2.05) is 60.7 Å². The van der Waals surface area contributed by atoms with Gasteiger partial charge in [-0.2, -0.15) is 0 Å². The highest BCUT2D eigenvalue weighted by atomic mass is 16.6. The number of benzene rings is 2. The molecule has 0 saturated heterocycles. The van der Waals surface area contributed by atoms with Crippen LogP contribution in [-0.2, 0) is 16.1 Å². The van der Waals surface area contributed by atoms with Crippen LogP contribution >= 0.6 is 0 Å². The van der Waals surface area contributed by atoms with Crippen LogP contribution in [0.15, 0.2) is 66.9 Å². The molecule has 0 amide bonds. The van der Waals surface area contributed by atoms with Gasteiger partial charge in [-0.3, -0.25) is 0 Å². The van der Waals surface area contributed by atoms with Crippen molar-refractivity contribution in [2.45, 2.75) is 13.5 Å². The summed E-state index contributed by atoms with van der Waals surface area (Å²) in [6, 6.07) is 18.7. The summed E-state index contributed by atoms with van der Waals surface area (Å²) < 4.78 is 6.83. The molecule has 0 aliphatic carbocycles. The van der Waals surface area contributed by atoms with Gasteiger partial charge in [0.25, 0.3) is 0 Å². The molecule has 0 spiro atoms. The van der Waals surface area contributed by atoms with Gasteiger partial charge in [0.05, 0.1) is 5.57 Å². The number of aromatic nitrogens is 2. The molecule has 3 rings (SSSR count). The first-order chi connectivity index (χ1) is 13.6. The quantitative estimate of drug-likeness (QED) is 0.205. The molecule has 28 heavy (non-hydrogen) atoms. The predicted molar refractivity (Wildman–Crippen MR) is 105 cm³/mol. The molecule has 0 saturated carbocycles. The monoisotopic (exact) mass is 377 g/mol. The second kappa shape index (κ2) is 8.77. The number of aryl methyl sites for hydroxylation is 1. The number of esters is 1. The van der Waals surface area contributed by atoms with Crippen molar-refractivity contribution in [1.82, 2.24) is 9.55 Å². The van der Waals surface area contributed by atoms with Crippen molar-refractivity contribution in [3.8, 4) is 0 Å². The van der Waals surface area contributed by atoms with Crippen LogP contribution in [0.4, 0.5) is 5.82 Å². The summed E-state index contributed by atoms with van der Waals surface area (Å²) in [5, 5.41) is 11.1. The fourth-order valence-electron chi connectivity index (χ4n) is 2.78. The number of hydrogen-bond donors (Lipinski definition) is 0. The minimum Gasteiger partial charge on any atom is -0.458 e. The Bertz CT molecular complexity index is 995. The van der Waals surface area contributed by atoms with E-state index in [4.69, 9.17) is 4.74 Å². The second-order valence-electron chi connectivity index (χ2n) is 6.04. The van der Waals surface area contributed by atoms with Crippen LogP contribution in [0.1, 0.15) is 17.0 Å². The van der Waals surface area contributed by atoms with E-state index in [-0.39, 0.29) is 19.0 Å². The van der Waals surface area contributed by atoms with Gasteiger partial charge in [0.1, 0.15) is 19.3 Å². The maximum atomic E-state index is 12.7. The number of carbonyl (C=O) groups is 1. The minimum atomic E-state index is -0.507. The minimum absolute atomic E-state index is 0.00413. The number of nitro groups is 1. The Morgan fingerprint density at radius 1 is 1.14 bits per heavy atom. The number of imidazole rings is 1. The number of rotatable bonds is 7. The van der Waals surface area contributed by atoms with Gasteiger partial charge < -0.3 is 14.9 Å². The van der Waals surface area contributed by atoms with Crippen molar-refractivity contribution in [1.29, 1.82) is 0 Å². The highest BCUT2D eigenvalue weighted by molar-refractivity contribution is 6.21. The highest BCUT2D eigenvalue weighted by Crippen LogP contribution is 2.20. The molecule has 142 valence electrons. The fraction of sp³-hybridized carbons (Fsp3) is 0.143. The number of nitrogens with zero attached hydrogens (tertiary/aromatic N) is 3. The molecule has 1 heterocycles. The summed E-state index contributed by atoms with van der Waals surface area (Å²) in [6.07, 6.45) is 2.96. The molecule has 0 aliphatic rings. The molecule has 2 aromatic carbocycles. The lowest BCUT2D eigenvalue weighted by Gasteiger charge is -2.09. The van der Waals surface area contributed by atoms with Crippen molar-refractivity contribution >= 4 is 23.4 Å². The second-order valence-corrected chi connectivity index (χ2v) is 6.04. The third kappa shape index (κ3) is 4.50. The molecule has 1 aromatic heterocycles. The molecule has 0 fully saturated rings. The van der Waals surface area contributed by atoms with Crippen molar-refractivity contribution < 1.29 is 14.5 Å². The van der Waals surface area contributed by atoms with Gasteiger partial charge in [0.2, 0.25) is 0 Å². The van der Waals surface area contributed by atoms with Crippen molar-refractivity contribution in [3.05, 3.63) is 93.9 Å². The summed E-state index contributed by atoms with van der Waals surface area (Å²) in [5.41, 5.74) is 2.03. The average molecular weight is 377 g/mol. The first kappa shape index (κ1) is 19.0. The lowest BCUT2D eigenvalue weighted by Crippen LogP contribution is -2.14. The van der Waals surface area contributed by atoms with Gasteiger partial charge in [0, 0.05) is 6.92 Å². The molecule has 0 bridgehead atoms. The van der Waals surface area contributed by atoms with Gasteiger partial charge in [-0.15, -0.1) is 0 Å². The molecule has 0 unspecified atom stereocenters.